The lowest BCUT2D eigenvalue weighted by molar-refractivity contribution is -0.00413. The van der Waals surface area contributed by atoms with Gasteiger partial charge in [-0.15, -0.1) is 0 Å². The second kappa shape index (κ2) is 6.06. The van der Waals surface area contributed by atoms with Gasteiger partial charge in [0.25, 0.3) is 0 Å². The Morgan fingerprint density at radius 1 is 1.27 bits per heavy atom. The molecular weight excluding hydrogens is 212 g/mol. The summed E-state index contributed by atoms with van der Waals surface area (Å²) in [6, 6.07) is 0.293. The first kappa shape index (κ1) is 11.7. The number of nitrogens with two attached hydrogens (primary N) is 1. The molecule has 2 fully saturated rings. The Morgan fingerprint density at radius 2 is 2.07 bits per heavy atom. The van der Waals surface area contributed by atoms with Crippen LogP contribution >= 0.6 is 11.8 Å². The van der Waals surface area contributed by atoms with Crippen molar-refractivity contribution in [1.29, 1.82) is 0 Å². The molecule has 0 aromatic heterocycles. The molecule has 3 N–H and O–H groups in total. The Bertz CT molecular complexity index is 164. The van der Waals surface area contributed by atoms with Crippen molar-refractivity contribution >= 4 is 11.8 Å². The first-order valence-corrected chi connectivity index (χ1v) is 6.80. The number of hydrogen-bond acceptors (Lipinski definition) is 5. The highest BCUT2D eigenvalue weighted by Crippen LogP contribution is 2.25. The molecule has 2 aliphatic heterocycles. The van der Waals surface area contributed by atoms with E-state index in [-0.39, 0.29) is 6.10 Å². The predicted molar refractivity (Wildman–Crippen MR) is 61.7 cm³/mol. The van der Waals surface area contributed by atoms with Gasteiger partial charge in [-0.05, 0) is 18.8 Å². The number of hydrogen-bond donors (Lipinski definition) is 2. The fraction of sp³-hybridized carbons (Fsp3) is 1.00. The molecule has 2 rings (SSSR count). The molecule has 0 spiro atoms. The van der Waals surface area contributed by atoms with Crippen LogP contribution in [0.25, 0.3) is 0 Å². The highest BCUT2D eigenvalue weighted by atomic mass is 32.2. The van der Waals surface area contributed by atoms with Crippen molar-refractivity contribution in [3.05, 3.63) is 0 Å². The smallest absolute Gasteiger partial charge is 0.0834 e. The fourth-order valence-corrected chi connectivity index (χ4v) is 3.25. The normalized spacial score (nSPS) is 31.4. The van der Waals surface area contributed by atoms with Gasteiger partial charge in [0.2, 0.25) is 0 Å². The van der Waals surface area contributed by atoms with E-state index in [1.165, 1.54) is 0 Å². The van der Waals surface area contributed by atoms with Crippen LogP contribution in [0.2, 0.25) is 0 Å². The Kier molecular flexibility index (Phi) is 4.71. The van der Waals surface area contributed by atoms with Gasteiger partial charge in [0.1, 0.15) is 0 Å². The van der Waals surface area contributed by atoms with E-state index >= 15 is 0 Å². The minimum absolute atomic E-state index is 0.275. The average Bonchev–Trinajstić information content (AvgIpc) is 2.33. The van der Waals surface area contributed by atoms with Gasteiger partial charge in [-0.2, -0.15) is 11.8 Å². The monoisotopic (exact) mass is 232 g/mol. The lowest BCUT2D eigenvalue weighted by atomic mass is 9.89. The van der Waals surface area contributed by atoms with E-state index in [9.17, 15) is 0 Å². The predicted octanol–water partition coefficient (Wildman–Crippen LogP) is 0.377. The zero-order valence-corrected chi connectivity index (χ0v) is 9.80. The van der Waals surface area contributed by atoms with Gasteiger partial charge in [0.15, 0.2) is 0 Å². The fourth-order valence-electron chi connectivity index (χ4n) is 2.34. The molecule has 0 aromatic carbocycles. The van der Waals surface area contributed by atoms with Crippen molar-refractivity contribution in [2.75, 3.05) is 31.3 Å². The summed E-state index contributed by atoms with van der Waals surface area (Å²) in [5, 5.41) is 0. The molecule has 88 valence electrons. The van der Waals surface area contributed by atoms with Crippen molar-refractivity contribution in [1.82, 2.24) is 5.43 Å². The van der Waals surface area contributed by atoms with Crippen molar-refractivity contribution in [2.45, 2.75) is 25.0 Å². The standard InChI is InChI=1S/C10H20N2O2S/c11-12-10(8-1-3-13-4-2-8)9-7-15-6-5-14-9/h8-10,12H,1-7,11H2. The molecule has 0 saturated carbocycles. The van der Waals surface area contributed by atoms with E-state index in [0.29, 0.717) is 12.0 Å². The second-order valence-corrected chi connectivity index (χ2v) is 5.28. The van der Waals surface area contributed by atoms with Gasteiger partial charge < -0.3 is 9.47 Å². The van der Waals surface area contributed by atoms with Crippen molar-refractivity contribution < 1.29 is 9.47 Å². The quantitative estimate of drug-likeness (QED) is 0.544. The number of ether oxygens (including phenoxy) is 2. The van der Waals surface area contributed by atoms with Gasteiger partial charge in [-0.3, -0.25) is 11.3 Å². The minimum atomic E-state index is 0.275. The Balaban J connectivity index is 1.88. The molecule has 15 heavy (non-hydrogen) atoms. The average molecular weight is 232 g/mol. The summed E-state index contributed by atoms with van der Waals surface area (Å²) in [6.45, 7) is 2.59. The second-order valence-electron chi connectivity index (χ2n) is 4.13. The van der Waals surface area contributed by atoms with Crippen molar-refractivity contribution in [3.63, 3.8) is 0 Å². The summed E-state index contributed by atoms with van der Waals surface area (Å²) in [5.41, 5.74) is 2.95. The number of nitrogens with one attached hydrogen (secondary N) is 1. The van der Waals surface area contributed by atoms with E-state index in [2.05, 4.69) is 5.43 Å². The summed E-state index contributed by atoms with van der Waals surface area (Å²) in [6.07, 6.45) is 2.47. The van der Waals surface area contributed by atoms with Crippen molar-refractivity contribution in [2.24, 2.45) is 11.8 Å². The molecule has 5 heteroatoms. The van der Waals surface area contributed by atoms with Gasteiger partial charge >= 0.3 is 0 Å². The van der Waals surface area contributed by atoms with Crippen LogP contribution in [0.1, 0.15) is 12.8 Å². The first-order chi connectivity index (χ1) is 7.42. The van der Waals surface area contributed by atoms with Crippen LogP contribution in [0.5, 0.6) is 0 Å². The minimum Gasteiger partial charge on any atom is -0.381 e. The molecule has 0 radical (unpaired) electrons. The van der Waals surface area contributed by atoms with Gasteiger partial charge in [-0.25, -0.2) is 0 Å². The molecule has 0 aromatic rings. The van der Waals surface area contributed by atoms with Crippen LogP contribution in [0.15, 0.2) is 0 Å². The zero-order valence-electron chi connectivity index (χ0n) is 8.98. The summed E-state index contributed by atoms with van der Waals surface area (Å²) in [7, 11) is 0. The molecule has 2 atom stereocenters. The van der Waals surface area contributed by atoms with Crippen LogP contribution in [0, 0.1) is 5.92 Å². The molecule has 2 aliphatic rings. The maximum Gasteiger partial charge on any atom is 0.0834 e. The molecule has 0 aliphatic carbocycles. The van der Waals surface area contributed by atoms with E-state index in [0.717, 1.165) is 44.2 Å². The summed E-state index contributed by atoms with van der Waals surface area (Å²) >= 11 is 1.96. The largest absolute Gasteiger partial charge is 0.381 e. The van der Waals surface area contributed by atoms with E-state index in [4.69, 9.17) is 15.3 Å². The number of rotatable bonds is 3. The van der Waals surface area contributed by atoms with Crippen molar-refractivity contribution in [3.8, 4) is 0 Å². The molecule has 0 bridgehead atoms. The van der Waals surface area contributed by atoms with Crippen LogP contribution in [0.3, 0.4) is 0 Å². The van der Waals surface area contributed by atoms with Crippen LogP contribution < -0.4 is 11.3 Å². The maximum atomic E-state index is 5.78. The highest BCUT2D eigenvalue weighted by molar-refractivity contribution is 7.99. The van der Waals surface area contributed by atoms with E-state index in [1.807, 2.05) is 11.8 Å². The molecule has 2 unspecified atom stereocenters. The highest BCUT2D eigenvalue weighted by Gasteiger charge is 2.31. The van der Waals surface area contributed by atoms with Gasteiger partial charge in [0, 0.05) is 24.7 Å². The molecule has 0 amide bonds. The zero-order chi connectivity index (χ0) is 10.5. The summed E-state index contributed by atoms with van der Waals surface area (Å²) in [4.78, 5) is 0. The lowest BCUT2D eigenvalue weighted by Gasteiger charge is -2.36. The Hall–Kier alpha value is 0.190. The van der Waals surface area contributed by atoms with Crippen LogP contribution in [0.4, 0.5) is 0 Å². The van der Waals surface area contributed by atoms with Crippen LogP contribution in [-0.4, -0.2) is 43.5 Å². The summed E-state index contributed by atoms with van der Waals surface area (Å²) < 4.78 is 11.1. The SMILES string of the molecule is NNC(C1CCOCC1)C1CSCCO1. The maximum absolute atomic E-state index is 5.78. The molecule has 2 saturated heterocycles. The van der Waals surface area contributed by atoms with E-state index in [1.54, 1.807) is 0 Å². The Morgan fingerprint density at radius 3 is 2.67 bits per heavy atom. The summed E-state index contributed by atoms with van der Waals surface area (Å²) in [5.74, 6) is 8.43. The molecular formula is C10H20N2O2S. The topological polar surface area (TPSA) is 56.5 Å². The molecule has 4 nitrogen and oxygen atoms in total. The van der Waals surface area contributed by atoms with Gasteiger partial charge in [0.05, 0.1) is 18.8 Å². The third-order valence-corrected chi connectivity index (χ3v) is 4.23. The number of hydrazine groups is 1. The third-order valence-electron chi connectivity index (χ3n) is 3.21. The lowest BCUT2D eigenvalue weighted by Crippen LogP contribution is -2.53. The molecule has 2 heterocycles. The first-order valence-electron chi connectivity index (χ1n) is 5.65. The van der Waals surface area contributed by atoms with E-state index < -0.39 is 0 Å². The number of thioether (sulfide) groups is 1. The van der Waals surface area contributed by atoms with Crippen LogP contribution in [-0.2, 0) is 9.47 Å². The third kappa shape index (κ3) is 3.07. The van der Waals surface area contributed by atoms with Gasteiger partial charge in [-0.1, -0.05) is 0 Å². The Labute approximate surface area is 95.2 Å².